The van der Waals surface area contributed by atoms with Gasteiger partial charge in [0.15, 0.2) is 5.88 Å². The molecule has 0 aliphatic heterocycles. The number of hydrogen-bond acceptors (Lipinski definition) is 5. The van der Waals surface area contributed by atoms with Crippen LogP contribution in [-0.2, 0) is 11.3 Å². The van der Waals surface area contributed by atoms with Gasteiger partial charge in [0.25, 0.3) is 0 Å². The van der Waals surface area contributed by atoms with E-state index in [1.54, 1.807) is 0 Å². The van der Waals surface area contributed by atoms with Crippen molar-refractivity contribution in [3.05, 3.63) is 47.1 Å². The predicted octanol–water partition coefficient (Wildman–Crippen LogP) is 1.54. The van der Waals surface area contributed by atoms with Gasteiger partial charge in [0.05, 0.1) is 11.4 Å². The summed E-state index contributed by atoms with van der Waals surface area (Å²) < 4.78 is 7.43. The molecule has 6 heteroatoms. The standard InChI is InChI=1S/C15H23N5O/c1-10(12-3-4-12)7-20-8-14(19-11(20)2)9-21-15(18)5-13(17)6-16/h5-8,12H,3-4,9,16-18H2,1-2H3/b10-7+,13-6+,15-5+. The molecule has 21 heavy (non-hydrogen) atoms. The second-order valence-electron chi connectivity index (χ2n) is 5.34. The Kier molecular flexibility index (Phi) is 4.57. The first-order valence-corrected chi connectivity index (χ1v) is 6.99. The van der Waals surface area contributed by atoms with E-state index in [-0.39, 0.29) is 5.88 Å². The monoisotopic (exact) mass is 289 g/mol. The maximum absolute atomic E-state index is 5.69. The maximum Gasteiger partial charge on any atom is 0.186 e. The Hall–Kier alpha value is -2.37. The molecule has 1 saturated carbocycles. The number of nitrogens with two attached hydrogens (primary N) is 3. The third-order valence-corrected chi connectivity index (χ3v) is 3.42. The zero-order valence-electron chi connectivity index (χ0n) is 12.5. The van der Waals surface area contributed by atoms with Crippen LogP contribution in [0.25, 0.3) is 6.20 Å². The highest BCUT2D eigenvalue weighted by molar-refractivity contribution is 5.35. The van der Waals surface area contributed by atoms with Crippen LogP contribution in [0.5, 0.6) is 0 Å². The SMILES string of the molecule is C/C(=C\n1cc(CO/C(N)=C/C(N)=C\N)nc1C)C1CC1. The van der Waals surface area contributed by atoms with Crippen molar-refractivity contribution in [3.8, 4) is 0 Å². The second-order valence-corrected chi connectivity index (χ2v) is 5.34. The van der Waals surface area contributed by atoms with Crippen molar-refractivity contribution in [2.45, 2.75) is 33.3 Å². The number of aryl methyl sites for hydroxylation is 1. The molecule has 1 fully saturated rings. The minimum Gasteiger partial charge on any atom is -0.473 e. The van der Waals surface area contributed by atoms with E-state index in [4.69, 9.17) is 21.9 Å². The molecule has 6 nitrogen and oxygen atoms in total. The fourth-order valence-corrected chi connectivity index (χ4v) is 2.02. The number of ether oxygens (including phenoxy) is 1. The van der Waals surface area contributed by atoms with Crippen LogP contribution >= 0.6 is 0 Å². The van der Waals surface area contributed by atoms with Gasteiger partial charge in [0.2, 0.25) is 0 Å². The molecule has 2 rings (SSSR count). The first-order valence-electron chi connectivity index (χ1n) is 6.99. The van der Waals surface area contributed by atoms with Crippen LogP contribution in [0.4, 0.5) is 0 Å². The molecule has 114 valence electrons. The fraction of sp³-hybridized carbons (Fsp3) is 0.400. The number of nitrogens with zero attached hydrogens (tertiary/aromatic N) is 2. The number of allylic oxidation sites excluding steroid dienone is 2. The molecule has 0 amide bonds. The van der Waals surface area contributed by atoms with Gasteiger partial charge in [-0.05, 0) is 32.6 Å². The fourth-order valence-electron chi connectivity index (χ4n) is 2.02. The van der Waals surface area contributed by atoms with E-state index in [0.717, 1.165) is 17.4 Å². The van der Waals surface area contributed by atoms with Gasteiger partial charge < -0.3 is 26.5 Å². The Morgan fingerprint density at radius 2 is 2.19 bits per heavy atom. The summed E-state index contributed by atoms with van der Waals surface area (Å²) in [5.41, 5.74) is 19.1. The third-order valence-electron chi connectivity index (χ3n) is 3.42. The Morgan fingerprint density at radius 3 is 2.81 bits per heavy atom. The summed E-state index contributed by atoms with van der Waals surface area (Å²) in [7, 11) is 0. The molecule has 1 aliphatic rings. The van der Waals surface area contributed by atoms with Gasteiger partial charge in [0.1, 0.15) is 12.4 Å². The molecule has 0 unspecified atom stereocenters. The van der Waals surface area contributed by atoms with Crippen molar-refractivity contribution >= 4 is 6.20 Å². The molecule has 0 aromatic carbocycles. The van der Waals surface area contributed by atoms with E-state index in [0.29, 0.717) is 12.3 Å². The Morgan fingerprint density at radius 1 is 1.48 bits per heavy atom. The summed E-state index contributed by atoms with van der Waals surface area (Å²) in [6, 6.07) is 0. The maximum atomic E-state index is 5.69. The summed E-state index contributed by atoms with van der Waals surface area (Å²) in [5, 5.41) is 0. The van der Waals surface area contributed by atoms with Crippen molar-refractivity contribution < 1.29 is 4.74 Å². The van der Waals surface area contributed by atoms with E-state index in [1.165, 1.54) is 30.7 Å². The van der Waals surface area contributed by atoms with Gasteiger partial charge in [-0.25, -0.2) is 4.98 Å². The molecular formula is C15H23N5O. The highest BCUT2D eigenvalue weighted by atomic mass is 16.5. The largest absolute Gasteiger partial charge is 0.473 e. The quantitative estimate of drug-likeness (QED) is 0.544. The topological polar surface area (TPSA) is 105 Å². The van der Waals surface area contributed by atoms with Crippen molar-refractivity contribution in [1.82, 2.24) is 9.55 Å². The average molecular weight is 289 g/mol. The molecule has 0 atom stereocenters. The molecular weight excluding hydrogens is 266 g/mol. The number of aromatic nitrogens is 2. The molecule has 1 aromatic rings. The lowest BCUT2D eigenvalue weighted by Crippen LogP contribution is -2.07. The summed E-state index contributed by atoms with van der Waals surface area (Å²) in [5.74, 6) is 1.89. The van der Waals surface area contributed by atoms with Gasteiger partial charge in [0, 0.05) is 24.7 Å². The van der Waals surface area contributed by atoms with E-state index in [1.807, 2.05) is 17.7 Å². The van der Waals surface area contributed by atoms with Gasteiger partial charge in [-0.15, -0.1) is 0 Å². The van der Waals surface area contributed by atoms with E-state index >= 15 is 0 Å². The summed E-state index contributed by atoms with van der Waals surface area (Å²) in [6.07, 6.45) is 9.42. The zero-order chi connectivity index (χ0) is 15.4. The van der Waals surface area contributed by atoms with E-state index < -0.39 is 0 Å². The summed E-state index contributed by atoms with van der Waals surface area (Å²) in [4.78, 5) is 4.45. The minimum absolute atomic E-state index is 0.214. The van der Waals surface area contributed by atoms with Crippen LogP contribution < -0.4 is 17.2 Å². The van der Waals surface area contributed by atoms with Crippen LogP contribution in [0.1, 0.15) is 31.3 Å². The highest BCUT2D eigenvalue weighted by Crippen LogP contribution is 2.36. The number of hydrogen-bond donors (Lipinski definition) is 3. The first kappa shape index (κ1) is 15.0. The van der Waals surface area contributed by atoms with Crippen molar-refractivity contribution in [2.24, 2.45) is 23.1 Å². The Labute approximate surface area is 125 Å². The second kappa shape index (κ2) is 6.39. The van der Waals surface area contributed by atoms with Crippen molar-refractivity contribution in [1.29, 1.82) is 0 Å². The van der Waals surface area contributed by atoms with Crippen molar-refractivity contribution in [2.75, 3.05) is 0 Å². The van der Waals surface area contributed by atoms with Crippen LogP contribution in [0.15, 0.2) is 35.6 Å². The van der Waals surface area contributed by atoms with Gasteiger partial charge in [-0.3, -0.25) is 0 Å². The lowest BCUT2D eigenvalue weighted by Gasteiger charge is -2.03. The molecule has 0 bridgehead atoms. The smallest absolute Gasteiger partial charge is 0.186 e. The predicted molar refractivity (Wildman–Crippen MR) is 83.2 cm³/mol. The first-order chi connectivity index (χ1) is 9.99. The molecule has 0 radical (unpaired) electrons. The van der Waals surface area contributed by atoms with Gasteiger partial charge >= 0.3 is 0 Å². The Balaban J connectivity index is 1.99. The summed E-state index contributed by atoms with van der Waals surface area (Å²) in [6.45, 7) is 4.43. The normalized spacial score (nSPS) is 17.1. The summed E-state index contributed by atoms with van der Waals surface area (Å²) >= 11 is 0. The lowest BCUT2D eigenvalue weighted by atomic mass is 10.2. The minimum atomic E-state index is 0.214. The van der Waals surface area contributed by atoms with Crippen LogP contribution in [0.3, 0.4) is 0 Å². The molecule has 6 N–H and O–H groups in total. The molecule has 1 aromatic heterocycles. The molecule has 0 spiro atoms. The van der Waals surface area contributed by atoms with Crippen molar-refractivity contribution in [3.63, 3.8) is 0 Å². The average Bonchev–Trinajstić information content (AvgIpc) is 3.23. The van der Waals surface area contributed by atoms with Crippen LogP contribution in [0, 0.1) is 12.8 Å². The van der Waals surface area contributed by atoms with Crippen LogP contribution in [-0.4, -0.2) is 9.55 Å². The molecule has 1 aliphatic carbocycles. The third kappa shape index (κ3) is 4.30. The molecule has 0 saturated heterocycles. The number of imidazole rings is 1. The lowest BCUT2D eigenvalue weighted by molar-refractivity contribution is 0.192. The molecule has 1 heterocycles. The van der Waals surface area contributed by atoms with E-state index in [9.17, 15) is 0 Å². The van der Waals surface area contributed by atoms with Crippen LogP contribution in [0.2, 0.25) is 0 Å². The number of rotatable bonds is 6. The van der Waals surface area contributed by atoms with E-state index in [2.05, 4.69) is 18.1 Å². The van der Waals surface area contributed by atoms with Gasteiger partial charge in [-0.2, -0.15) is 0 Å². The van der Waals surface area contributed by atoms with Gasteiger partial charge in [-0.1, -0.05) is 5.57 Å². The highest BCUT2D eigenvalue weighted by Gasteiger charge is 2.23. The Bertz CT molecular complexity index is 593. The zero-order valence-corrected chi connectivity index (χ0v) is 12.5.